The van der Waals surface area contributed by atoms with Gasteiger partial charge in [0, 0.05) is 6.04 Å². The summed E-state index contributed by atoms with van der Waals surface area (Å²) in [6, 6.07) is 0.719. The second-order valence-corrected chi connectivity index (χ2v) is 4.85. The van der Waals surface area contributed by atoms with Crippen LogP contribution in [-0.2, 0) is 0 Å². The van der Waals surface area contributed by atoms with Crippen LogP contribution in [0, 0.1) is 0 Å². The van der Waals surface area contributed by atoms with Crippen LogP contribution in [0.3, 0.4) is 0 Å². The zero-order valence-electron chi connectivity index (χ0n) is 8.97. The van der Waals surface area contributed by atoms with E-state index in [4.69, 9.17) is 0 Å². The molecule has 0 bridgehead atoms. The van der Waals surface area contributed by atoms with Gasteiger partial charge in [-0.1, -0.05) is 19.3 Å². The molecular formula is C11H23NO. The topological polar surface area (TPSA) is 32.3 Å². The molecule has 78 valence electrons. The van der Waals surface area contributed by atoms with Crippen molar-refractivity contribution in [2.24, 2.45) is 0 Å². The number of aliphatic hydroxyl groups is 1. The summed E-state index contributed by atoms with van der Waals surface area (Å²) in [5.74, 6) is 0. The van der Waals surface area contributed by atoms with Gasteiger partial charge in [-0.2, -0.15) is 0 Å². The maximum atomic E-state index is 9.51. The van der Waals surface area contributed by atoms with E-state index in [1.807, 2.05) is 13.8 Å². The van der Waals surface area contributed by atoms with Gasteiger partial charge in [0.1, 0.15) is 0 Å². The van der Waals surface area contributed by atoms with Crippen molar-refractivity contribution in [3.63, 3.8) is 0 Å². The Kier molecular flexibility index (Phi) is 4.20. The van der Waals surface area contributed by atoms with Crippen LogP contribution in [0.25, 0.3) is 0 Å². The van der Waals surface area contributed by atoms with Crippen LogP contribution < -0.4 is 5.32 Å². The average Bonchev–Trinajstić information content (AvgIpc) is 2.04. The summed E-state index contributed by atoms with van der Waals surface area (Å²) in [7, 11) is 0. The third kappa shape index (κ3) is 5.27. The highest BCUT2D eigenvalue weighted by Gasteiger charge is 2.15. The molecule has 0 aromatic rings. The van der Waals surface area contributed by atoms with Crippen LogP contribution in [0.1, 0.15) is 52.4 Å². The molecule has 0 aromatic carbocycles. The molecule has 0 aromatic heterocycles. The maximum absolute atomic E-state index is 9.51. The Balaban J connectivity index is 2.04. The summed E-state index contributed by atoms with van der Waals surface area (Å²) in [5, 5.41) is 13.0. The molecule has 0 aliphatic heterocycles. The van der Waals surface area contributed by atoms with E-state index in [0.29, 0.717) is 0 Å². The first-order chi connectivity index (χ1) is 6.08. The Morgan fingerprint density at radius 2 is 1.85 bits per heavy atom. The monoisotopic (exact) mass is 185 g/mol. The third-order valence-corrected chi connectivity index (χ3v) is 2.77. The van der Waals surface area contributed by atoms with E-state index in [9.17, 15) is 5.11 Å². The van der Waals surface area contributed by atoms with Gasteiger partial charge in [-0.05, 0) is 39.7 Å². The first-order valence-corrected chi connectivity index (χ1v) is 5.54. The van der Waals surface area contributed by atoms with E-state index in [1.165, 1.54) is 32.1 Å². The highest BCUT2D eigenvalue weighted by molar-refractivity contribution is 4.74. The molecule has 0 unspecified atom stereocenters. The van der Waals surface area contributed by atoms with Crippen molar-refractivity contribution in [1.82, 2.24) is 5.32 Å². The maximum Gasteiger partial charge on any atom is 0.0603 e. The molecular weight excluding hydrogens is 162 g/mol. The number of hydrogen-bond acceptors (Lipinski definition) is 2. The highest BCUT2D eigenvalue weighted by Crippen LogP contribution is 2.17. The summed E-state index contributed by atoms with van der Waals surface area (Å²) >= 11 is 0. The Labute approximate surface area is 81.7 Å². The van der Waals surface area contributed by atoms with Gasteiger partial charge in [-0.25, -0.2) is 0 Å². The van der Waals surface area contributed by atoms with Gasteiger partial charge >= 0.3 is 0 Å². The Morgan fingerprint density at radius 3 is 2.38 bits per heavy atom. The first kappa shape index (κ1) is 11.0. The largest absolute Gasteiger partial charge is 0.390 e. The average molecular weight is 185 g/mol. The molecule has 0 saturated heterocycles. The molecule has 1 fully saturated rings. The normalized spacial score (nSPS) is 20.5. The van der Waals surface area contributed by atoms with Gasteiger partial charge < -0.3 is 10.4 Å². The third-order valence-electron chi connectivity index (χ3n) is 2.77. The number of hydrogen-bond donors (Lipinski definition) is 2. The van der Waals surface area contributed by atoms with Crippen molar-refractivity contribution >= 4 is 0 Å². The molecule has 0 heterocycles. The summed E-state index contributed by atoms with van der Waals surface area (Å²) in [4.78, 5) is 0. The molecule has 0 radical (unpaired) electrons. The van der Waals surface area contributed by atoms with Crippen LogP contribution >= 0.6 is 0 Å². The van der Waals surface area contributed by atoms with Crippen molar-refractivity contribution in [1.29, 1.82) is 0 Å². The zero-order chi connectivity index (χ0) is 9.73. The van der Waals surface area contributed by atoms with E-state index in [-0.39, 0.29) is 0 Å². The predicted octanol–water partition coefficient (Wildman–Crippen LogP) is 2.07. The minimum Gasteiger partial charge on any atom is -0.390 e. The van der Waals surface area contributed by atoms with Crippen molar-refractivity contribution in [2.45, 2.75) is 64.0 Å². The van der Waals surface area contributed by atoms with E-state index < -0.39 is 5.60 Å². The molecule has 1 aliphatic rings. The molecule has 0 spiro atoms. The lowest BCUT2D eigenvalue weighted by atomic mass is 9.95. The van der Waals surface area contributed by atoms with Crippen LogP contribution in [-0.4, -0.2) is 23.3 Å². The molecule has 0 amide bonds. The fourth-order valence-electron chi connectivity index (χ4n) is 1.89. The highest BCUT2D eigenvalue weighted by atomic mass is 16.3. The lowest BCUT2D eigenvalue weighted by Gasteiger charge is -2.25. The summed E-state index contributed by atoms with van der Waals surface area (Å²) in [6.45, 7) is 4.69. The van der Waals surface area contributed by atoms with Crippen molar-refractivity contribution in [2.75, 3.05) is 6.54 Å². The molecule has 2 heteroatoms. The van der Waals surface area contributed by atoms with E-state index >= 15 is 0 Å². The minimum atomic E-state index is -0.512. The number of rotatable bonds is 4. The zero-order valence-corrected chi connectivity index (χ0v) is 8.97. The standard InChI is InChI=1S/C11H23NO/c1-11(2,13)8-9-12-10-6-4-3-5-7-10/h10,12-13H,3-9H2,1-2H3. The van der Waals surface area contributed by atoms with Gasteiger partial charge in [0.25, 0.3) is 0 Å². The van der Waals surface area contributed by atoms with Gasteiger partial charge in [0.05, 0.1) is 5.60 Å². The Morgan fingerprint density at radius 1 is 1.23 bits per heavy atom. The molecule has 13 heavy (non-hydrogen) atoms. The molecule has 2 N–H and O–H groups in total. The smallest absolute Gasteiger partial charge is 0.0603 e. The lowest BCUT2D eigenvalue weighted by molar-refractivity contribution is 0.0699. The van der Waals surface area contributed by atoms with E-state index in [0.717, 1.165) is 19.0 Å². The second-order valence-electron chi connectivity index (χ2n) is 4.85. The van der Waals surface area contributed by atoms with Crippen molar-refractivity contribution < 1.29 is 5.11 Å². The summed E-state index contributed by atoms with van der Waals surface area (Å²) in [5.41, 5.74) is -0.512. The summed E-state index contributed by atoms with van der Waals surface area (Å²) < 4.78 is 0. The van der Waals surface area contributed by atoms with Crippen LogP contribution in [0.5, 0.6) is 0 Å². The molecule has 1 saturated carbocycles. The first-order valence-electron chi connectivity index (χ1n) is 5.54. The van der Waals surface area contributed by atoms with E-state index in [1.54, 1.807) is 0 Å². The van der Waals surface area contributed by atoms with Crippen LogP contribution in [0.15, 0.2) is 0 Å². The van der Waals surface area contributed by atoms with Crippen molar-refractivity contribution in [3.05, 3.63) is 0 Å². The van der Waals surface area contributed by atoms with Crippen LogP contribution in [0.2, 0.25) is 0 Å². The fraction of sp³-hybridized carbons (Fsp3) is 1.00. The molecule has 1 rings (SSSR count). The second kappa shape index (κ2) is 4.97. The Bertz CT molecular complexity index is 134. The number of nitrogens with one attached hydrogen (secondary N) is 1. The van der Waals surface area contributed by atoms with Gasteiger partial charge in [-0.3, -0.25) is 0 Å². The predicted molar refractivity (Wildman–Crippen MR) is 55.8 cm³/mol. The molecule has 0 atom stereocenters. The SMILES string of the molecule is CC(C)(O)CCNC1CCCCC1. The summed E-state index contributed by atoms with van der Waals surface area (Å²) in [6.07, 6.45) is 7.66. The molecule has 1 aliphatic carbocycles. The van der Waals surface area contributed by atoms with E-state index in [2.05, 4.69) is 5.32 Å². The quantitative estimate of drug-likeness (QED) is 0.702. The minimum absolute atomic E-state index is 0.512. The Hall–Kier alpha value is -0.0800. The van der Waals surface area contributed by atoms with Gasteiger partial charge in [0.15, 0.2) is 0 Å². The van der Waals surface area contributed by atoms with Crippen molar-refractivity contribution in [3.8, 4) is 0 Å². The lowest BCUT2D eigenvalue weighted by Crippen LogP contribution is -2.35. The fourth-order valence-corrected chi connectivity index (χ4v) is 1.89. The van der Waals surface area contributed by atoms with Gasteiger partial charge in [0.2, 0.25) is 0 Å². The van der Waals surface area contributed by atoms with Crippen LogP contribution in [0.4, 0.5) is 0 Å². The molecule has 2 nitrogen and oxygen atoms in total. The van der Waals surface area contributed by atoms with Gasteiger partial charge in [-0.15, -0.1) is 0 Å².